The Bertz CT molecular complexity index is 519. The lowest BCUT2D eigenvalue weighted by Crippen LogP contribution is -1.91. The van der Waals surface area contributed by atoms with Crippen LogP contribution in [-0.2, 0) is 6.42 Å². The number of hydrogen-bond acceptors (Lipinski definition) is 2. The molecular formula is C14H13Br2ClOS. The Kier molecular flexibility index (Phi) is 5.75. The summed E-state index contributed by atoms with van der Waals surface area (Å²) in [6.07, 6.45) is 2.06. The van der Waals surface area contributed by atoms with E-state index < -0.39 is 0 Å². The topological polar surface area (TPSA) is 9.23 Å². The highest BCUT2D eigenvalue weighted by Crippen LogP contribution is 2.40. The van der Waals surface area contributed by atoms with E-state index in [0.29, 0.717) is 4.83 Å². The van der Waals surface area contributed by atoms with Crippen LogP contribution in [0.1, 0.15) is 21.7 Å². The van der Waals surface area contributed by atoms with Crippen molar-refractivity contribution in [1.29, 1.82) is 0 Å². The van der Waals surface area contributed by atoms with Crippen LogP contribution in [0, 0.1) is 0 Å². The quantitative estimate of drug-likeness (QED) is 0.516. The van der Waals surface area contributed by atoms with Crippen molar-refractivity contribution in [3.05, 3.63) is 49.6 Å². The molecule has 2 rings (SSSR count). The van der Waals surface area contributed by atoms with Crippen LogP contribution < -0.4 is 4.74 Å². The summed E-state index contributed by atoms with van der Waals surface area (Å²) < 4.78 is 6.94. The van der Waals surface area contributed by atoms with Crippen LogP contribution >= 0.6 is 54.8 Å². The zero-order chi connectivity index (χ0) is 13.8. The fourth-order valence-corrected chi connectivity index (χ4v) is 4.14. The van der Waals surface area contributed by atoms with Gasteiger partial charge in [0.25, 0.3) is 0 Å². The van der Waals surface area contributed by atoms with Gasteiger partial charge in [-0.3, -0.25) is 0 Å². The third-order valence-electron chi connectivity index (χ3n) is 2.82. The second kappa shape index (κ2) is 7.11. The summed E-state index contributed by atoms with van der Waals surface area (Å²) >= 11 is 14.8. The fourth-order valence-electron chi connectivity index (χ4n) is 1.75. The van der Waals surface area contributed by atoms with Crippen LogP contribution in [0.2, 0.25) is 4.34 Å². The number of rotatable bonds is 5. The molecule has 1 heterocycles. The molecule has 1 aromatic heterocycles. The molecule has 5 heteroatoms. The average molecular weight is 425 g/mol. The molecule has 0 aliphatic heterocycles. The van der Waals surface area contributed by atoms with Crippen molar-refractivity contribution in [1.82, 2.24) is 0 Å². The summed E-state index contributed by atoms with van der Waals surface area (Å²) in [4.78, 5) is 1.59. The lowest BCUT2D eigenvalue weighted by molar-refractivity contribution is 0.414. The standard InChI is InChI=1S/C14H13Br2ClOS/c1-18-10-5-2-9(3-6-10)4-7-11(15)13-8-12(16)14(17)19-13/h2-3,5-6,8,11H,4,7H2,1H3. The van der Waals surface area contributed by atoms with E-state index in [1.54, 1.807) is 18.4 Å². The van der Waals surface area contributed by atoms with Gasteiger partial charge in [0.05, 0.1) is 7.11 Å². The summed E-state index contributed by atoms with van der Waals surface area (Å²) in [5.74, 6) is 0.896. The third kappa shape index (κ3) is 4.22. The predicted octanol–water partition coefficient (Wildman–Crippen LogP) is 6.24. The van der Waals surface area contributed by atoms with Crippen molar-refractivity contribution in [2.45, 2.75) is 17.7 Å². The second-order valence-electron chi connectivity index (χ2n) is 4.12. The van der Waals surface area contributed by atoms with Crippen molar-refractivity contribution in [3.63, 3.8) is 0 Å². The van der Waals surface area contributed by atoms with E-state index in [0.717, 1.165) is 27.4 Å². The molecule has 0 N–H and O–H groups in total. The minimum atomic E-state index is 0.336. The molecule has 102 valence electrons. The maximum Gasteiger partial charge on any atom is 0.118 e. The molecule has 1 atom stereocenters. The summed E-state index contributed by atoms with van der Waals surface area (Å²) in [7, 11) is 1.68. The van der Waals surface area contributed by atoms with Gasteiger partial charge in [-0.1, -0.05) is 39.7 Å². The Morgan fingerprint density at radius 2 is 2.00 bits per heavy atom. The van der Waals surface area contributed by atoms with E-state index in [9.17, 15) is 0 Å². The number of halogens is 3. The van der Waals surface area contributed by atoms with Gasteiger partial charge in [0, 0.05) is 14.2 Å². The lowest BCUT2D eigenvalue weighted by Gasteiger charge is -2.08. The van der Waals surface area contributed by atoms with Crippen LogP contribution in [0.3, 0.4) is 0 Å². The van der Waals surface area contributed by atoms with E-state index in [1.165, 1.54) is 10.4 Å². The Hall–Kier alpha value is -0.0300. The molecule has 19 heavy (non-hydrogen) atoms. The van der Waals surface area contributed by atoms with Crippen LogP contribution in [0.5, 0.6) is 5.75 Å². The predicted molar refractivity (Wildman–Crippen MR) is 90.0 cm³/mol. The minimum absolute atomic E-state index is 0.336. The first-order chi connectivity index (χ1) is 9.10. The van der Waals surface area contributed by atoms with Gasteiger partial charge in [0.1, 0.15) is 10.1 Å². The summed E-state index contributed by atoms with van der Waals surface area (Å²) in [5, 5.41) is 0. The van der Waals surface area contributed by atoms with Crippen molar-refractivity contribution >= 4 is 54.8 Å². The molecule has 0 saturated carbocycles. The smallest absolute Gasteiger partial charge is 0.118 e. The second-order valence-corrected chi connectivity index (χ2v) is 7.77. The van der Waals surface area contributed by atoms with E-state index in [1.807, 2.05) is 12.1 Å². The van der Waals surface area contributed by atoms with Crippen molar-refractivity contribution in [3.8, 4) is 5.75 Å². The van der Waals surface area contributed by atoms with Crippen molar-refractivity contribution in [2.75, 3.05) is 7.11 Å². The summed E-state index contributed by atoms with van der Waals surface area (Å²) in [6.45, 7) is 0. The number of thiophene rings is 1. The van der Waals surface area contributed by atoms with Gasteiger partial charge in [0.15, 0.2) is 0 Å². The van der Waals surface area contributed by atoms with Crippen LogP contribution in [-0.4, -0.2) is 7.11 Å². The molecule has 0 radical (unpaired) electrons. The number of hydrogen-bond donors (Lipinski definition) is 0. The fraction of sp³-hybridized carbons (Fsp3) is 0.286. The zero-order valence-corrected chi connectivity index (χ0v) is 15.1. The van der Waals surface area contributed by atoms with Crippen molar-refractivity contribution < 1.29 is 4.74 Å². The van der Waals surface area contributed by atoms with E-state index in [-0.39, 0.29) is 0 Å². The minimum Gasteiger partial charge on any atom is -0.497 e. The molecule has 1 unspecified atom stereocenters. The molecule has 1 aromatic carbocycles. The van der Waals surface area contributed by atoms with E-state index in [4.69, 9.17) is 16.3 Å². The third-order valence-corrected chi connectivity index (χ3v) is 6.66. The Balaban J connectivity index is 1.94. The highest BCUT2D eigenvalue weighted by molar-refractivity contribution is 9.10. The molecule has 0 aliphatic carbocycles. The number of benzene rings is 1. The summed E-state index contributed by atoms with van der Waals surface area (Å²) in [6, 6.07) is 10.3. The molecule has 0 aliphatic rings. The molecule has 0 fully saturated rings. The van der Waals surface area contributed by atoms with Gasteiger partial charge < -0.3 is 4.74 Å². The maximum atomic E-state index is 6.06. The normalized spacial score (nSPS) is 12.4. The monoisotopic (exact) mass is 422 g/mol. The Labute approximate surface area is 139 Å². The SMILES string of the molecule is COc1ccc(CCC(Br)c2cc(Br)c(Cl)s2)cc1. The van der Waals surface area contributed by atoms with Gasteiger partial charge in [0.2, 0.25) is 0 Å². The first-order valence-corrected chi connectivity index (χ1v) is 8.72. The molecule has 1 nitrogen and oxygen atoms in total. The van der Waals surface area contributed by atoms with Gasteiger partial charge >= 0.3 is 0 Å². The van der Waals surface area contributed by atoms with Crippen molar-refractivity contribution in [2.24, 2.45) is 0 Å². The molecule has 0 spiro atoms. The largest absolute Gasteiger partial charge is 0.497 e. The Morgan fingerprint density at radius 3 is 2.53 bits per heavy atom. The highest BCUT2D eigenvalue weighted by Gasteiger charge is 2.13. The number of methoxy groups -OCH3 is 1. The van der Waals surface area contributed by atoms with Crippen LogP contribution in [0.25, 0.3) is 0 Å². The first kappa shape index (κ1) is 15.4. The molecule has 0 saturated heterocycles. The first-order valence-electron chi connectivity index (χ1n) is 5.82. The van der Waals surface area contributed by atoms with E-state index >= 15 is 0 Å². The van der Waals surface area contributed by atoms with Gasteiger partial charge in [-0.25, -0.2) is 0 Å². The molecule has 2 aromatic rings. The number of aryl methyl sites for hydroxylation is 1. The van der Waals surface area contributed by atoms with E-state index in [2.05, 4.69) is 50.1 Å². The van der Waals surface area contributed by atoms with Crippen LogP contribution in [0.15, 0.2) is 34.8 Å². The van der Waals surface area contributed by atoms with Gasteiger partial charge in [-0.05, 0) is 52.5 Å². The number of alkyl halides is 1. The lowest BCUT2D eigenvalue weighted by atomic mass is 10.1. The average Bonchev–Trinajstić information content (AvgIpc) is 2.77. The summed E-state index contributed by atoms with van der Waals surface area (Å²) in [5.41, 5.74) is 1.31. The molecular weight excluding hydrogens is 411 g/mol. The molecule has 0 amide bonds. The maximum absolute atomic E-state index is 6.06. The van der Waals surface area contributed by atoms with Gasteiger partial charge in [-0.15, -0.1) is 11.3 Å². The highest BCUT2D eigenvalue weighted by atomic mass is 79.9. The number of ether oxygens (including phenoxy) is 1. The van der Waals surface area contributed by atoms with Gasteiger partial charge in [-0.2, -0.15) is 0 Å². The zero-order valence-electron chi connectivity index (χ0n) is 10.3. The van der Waals surface area contributed by atoms with Crippen LogP contribution in [0.4, 0.5) is 0 Å². The molecule has 0 bridgehead atoms. The Morgan fingerprint density at radius 1 is 1.32 bits per heavy atom.